The van der Waals surface area contributed by atoms with Gasteiger partial charge in [0.1, 0.15) is 0 Å². The largest absolute Gasteiger partial charge is 0.389 e. The van der Waals surface area contributed by atoms with Crippen LogP contribution in [0.1, 0.15) is 32.6 Å². The van der Waals surface area contributed by atoms with Crippen molar-refractivity contribution in [3.8, 4) is 0 Å². The summed E-state index contributed by atoms with van der Waals surface area (Å²) in [6, 6.07) is 1.93. The third-order valence-corrected chi connectivity index (χ3v) is 3.74. The molecule has 0 radical (unpaired) electrons. The molecule has 96 valence electrons. The molecule has 1 aromatic heterocycles. The lowest BCUT2D eigenvalue weighted by Gasteiger charge is -2.35. The maximum atomic E-state index is 10.4. The molecule has 1 heterocycles. The standard InChI is InChI=1S/C13H23N3O/c1-12-3-5-13(17,6-4-12)11-14-8-10-16-9-2-7-15-16/h2,7,9,12,14,17H,3-6,8,10-11H2,1H3. The van der Waals surface area contributed by atoms with Crippen LogP contribution in [0.4, 0.5) is 0 Å². The van der Waals surface area contributed by atoms with Crippen molar-refractivity contribution in [1.82, 2.24) is 15.1 Å². The Kier molecular flexibility index (Phi) is 4.18. The monoisotopic (exact) mass is 237 g/mol. The van der Waals surface area contributed by atoms with Crippen LogP contribution in [0, 0.1) is 5.92 Å². The normalized spacial score (nSPS) is 29.4. The van der Waals surface area contributed by atoms with Gasteiger partial charge in [-0.1, -0.05) is 6.92 Å². The Morgan fingerprint density at radius 3 is 2.88 bits per heavy atom. The summed E-state index contributed by atoms with van der Waals surface area (Å²) in [4.78, 5) is 0. The highest BCUT2D eigenvalue weighted by atomic mass is 16.3. The minimum atomic E-state index is -0.476. The topological polar surface area (TPSA) is 50.1 Å². The highest BCUT2D eigenvalue weighted by molar-refractivity contribution is 4.86. The van der Waals surface area contributed by atoms with Gasteiger partial charge in [-0.05, 0) is 37.7 Å². The lowest BCUT2D eigenvalue weighted by molar-refractivity contribution is -0.00607. The molecule has 0 aromatic carbocycles. The number of aliphatic hydroxyl groups is 1. The third-order valence-electron chi connectivity index (χ3n) is 3.74. The van der Waals surface area contributed by atoms with Crippen LogP contribution >= 0.6 is 0 Å². The summed E-state index contributed by atoms with van der Waals surface area (Å²) in [6.07, 6.45) is 7.91. The average Bonchev–Trinajstić information content (AvgIpc) is 2.82. The number of nitrogens with one attached hydrogen (secondary N) is 1. The predicted octanol–water partition coefficient (Wildman–Crippen LogP) is 1.41. The van der Waals surface area contributed by atoms with Crippen molar-refractivity contribution >= 4 is 0 Å². The first kappa shape index (κ1) is 12.6. The number of hydrogen-bond donors (Lipinski definition) is 2. The Morgan fingerprint density at radius 1 is 1.47 bits per heavy atom. The molecule has 1 aliphatic rings. The van der Waals surface area contributed by atoms with Gasteiger partial charge >= 0.3 is 0 Å². The first-order valence-corrected chi connectivity index (χ1v) is 6.58. The summed E-state index contributed by atoms with van der Waals surface area (Å²) in [5.41, 5.74) is -0.476. The fraction of sp³-hybridized carbons (Fsp3) is 0.769. The molecular formula is C13H23N3O. The van der Waals surface area contributed by atoms with Crippen LogP contribution in [-0.2, 0) is 6.54 Å². The Bertz CT molecular complexity index is 315. The molecule has 1 fully saturated rings. The van der Waals surface area contributed by atoms with E-state index in [4.69, 9.17) is 0 Å². The van der Waals surface area contributed by atoms with E-state index >= 15 is 0 Å². The lowest BCUT2D eigenvalue weighted by Crippen LogP contribution is -2.44. The minimum absolute atomic E-state index is 0.476. The van der Waals surface area contributed by atoms with E-state index in [1.54, 1.807) is 6.20 Å². The Morgan fingerprint density at radius 2 is 2.24 bits per heavy atom. The second-order valence-corrected chi connectivity index (χ2v) is 5.35. The fourth-order valence-corrected chi connectivity index (χ4v) is 2.42. The van der Waals surface area contributed by atoms with Crippen molar-refractivity contribution < 1.29 is 5.11 Å². The van der Waals surface area contributed by atoms with Crippen molar-refractivity contribution in [1.29, 1.82) is 0 Å². The van der Waals surface area contributed by atoms with Gasteiger partial charge in [0.25, 0.3) is 0 Å². The Hall–Kier alpha value is -0.870. The molecule has 0 bridgehead atoms. The molecule has 17 heavy (non-hydrogen) atoms. The van der Waals surface area contributed by atoms with Crippen molar-refractivity contribution in [2.24, 2.45) is 5.92 Å². The van der Waals surface area contributed by atoms with E-state index in [-0.39, 0.29) is 0 Å². The maximum Gasteiger partial charge on any atom is 0.0771 e. The second kappa shape index (κ2) is 5.65. The van der Waals surface area contributed by atoms with E-state index in [2.05, 4.69) is 17.3 Å². The molecule has 0 amide bonds. The van der Waals surface area contributed by atoms with Crippen LogP contribution in [0.15, 0.2) is 18.5 Å². The van der Waals surface area contributed by atoms with Crippen molar-refractivity contribution in [2.45, 2.75) is 44.8 Å². The number of hydrogen-bond acceptors (Lipinski definition) is 3. The van der Waals surface area contributed by atoms with Gasteiger partial charge < -0.3 is 10.4 Å². The summed E-state index contributed by atoms with van der Waals surface area (Å²) in [5.74, 6) is 0.777. The molecule has 4 heteroatoms. The molecule has 0 unspecified atom stereocenters. The Labute approximate surface area is 103 Å². The molecule has 2 rings (SSSR count). The molecule has 0 atom stereocenters. The summed E-state index contributed by atoms with van der Waals surface area (Å²) >= 11 is 0. The van der Waals surface area contributed by atoms with Crippen molar-refractivity contribution in [3.05, 3.63) is 18.5 Å². The van der Waals surface area contributed by atoms with Crippen LogP contribution in [0.3, 0.4) is 0 Å². The molecule has 4 nitrogen and oxygen atoms in total. The summed E-state index contributed by atoms with van der Waals surface area (Å²) in [7, 11) is 0. The molecule has 2 N–H and O–H groups in total. The molecule has 1 aromatic rings. The van der Waals surface area contributed by atoms with Gasteiger partial charge in [0.05, 0.1) is 12.1 Å². The van der Waals surface area contributed by atoms with Gasteiger partial charge in [0, 0.05) is 25.5 Å². The molecule has 0 saturated heterocycles. The van der Waals surface area contributed by atoms with Gasteiger partial charge in [-0.3, -0.25) is 4.68 Å². The van der Waals surface area contributed by atoms with Crippen LogP contribution in [-0.4, -0.2) is 33.6 Å². The lowest BCUT2D eigenvalue weighted by atomic mass is 9.79. The summed E-state index contributed by atoms with van der Waals surface area (Å²) in [6.45, 7) is 4.70. The SMILES string of the molecule is CC1CCC(O)(CNCCn2cccn2)CC1. The van der Waals surface area contributed by atoms with E-state index in [0.717, 1.165) is 44.7 Å². The van der Waals surface area contributed by atoms with Crippen molar-refractivity contribution in [3.63, 3.8) is 0 Å². The van der Waals surface area contributed by atoms with E-state index < -0.39 is 5.60 Å². The second-order valence-electron chi connectivity index (χ2n) is 5.35. The van der Waals surface area contributed by atoms with E-state index in [1.165, 1.54) is 0 Å². The highest BCUT2D eigenvalue weighted by Gasteiger charge is 2.30. The number of rotatable bonds is 5. The van der Waals surface area contributed by atoms with E-state index in [1.807, 2.05) is 16.9 Å². The number of aromatic nitrogens is 2. The highest BCUT2D eigenvalue weighted by Crippen LogP contribution is 2.31. The predicted molar refractivity (Wildman–Crippen MR) is 67.7 cm³/mol. The zero-order valence-corrected chi connectivity index (χ0v) is 10.6. The van der Waals surface area contributed by atoms with E-state index in [9.17, 15) is 5.11 Å². The fourth-order valence-electron chi connectivity index (χ4n) is 2.42. The third kappa shape index (κ3) is 3.82. The van der Waals surface area contributed by atoms with Crippen LogP contribution in [0.2, 0.25) is 0 Å². The van der Waals surface area contributed by atoms with E-state index in [0.29, 0.717) is 6.54 Å². The quantitative estimate of drug-likeness (QED) is 0.761. The van der Waals surface area contributed by atoms with Gasteiger partial charge in [-0.25, -0.2) is 0 Å². The van der Waals surface area contributed by atoms with Gasteiger partial charge in [0.2, 0.25) is 0 Å². The minimum Gasteiger partial charge on any atom is -0.389 e. The zero-order valence-electron chi connectivity index (χ0n) is 10.6. The summed E-state index contributed by atoms with van der Waals surface area (Å²) in [5, 5.41) is 17.8. The van der Waals surface area contributed by atoms with Gasteiger partial charge in [0.15, 0.2) is 0 Å². The van der Waals surface area contributed by atoms with Crippen LogP contribution in [0.5, 0.6) is 0 Å². The first-order chi connectivity index (χ1) is 8.18. The molecular weight excluding hydrogens is 214 g/mol. The average molecular weight is 237 g/mol. The smallest absolute Gasteiger partial charge is 0.0771 e. The molecule has 1 saturated carbocycles. The maximum absolute atomic E-state index is 10.4. The van der Waals surface area contributed by atoms with Crippen molar-refractivity contribution in [2.75, 3.05) is 13.1 Å². The molecule has 0 spiro atoms. The van der Waals surface area contributed by atoms with Crippen LogP contribution < -0.4 is 5.32 Å². The molecule has 0 aliphatic heterocycles. The zero-order chi connectivity index (χ0) is 12.1. The van der Waals surface area contributed by atoms with Gasteiger partial charge in [-0.2, -0.15) is 5.10 Å². The first-order valence-electron chi connectivity index (χ1n) is 6.58. The van der Waals surface area contributed by atoms with Gasteiger partial charge in [-0.15, -0.1) is 0 Å². The summed E-state index contributed by atoms with van der Waals surface area (Å²) < 4.78 is 1.90. The van der Waals surface area contributed by atoms with Crippen LogP contribution in [0.25, 0.3) is 0 Å². The number of nitrogens with zero attached hydrogens (tertiary/aromatic N) is 2. The molecule has 1 aliphatic carbocycles. The Balaban J connectivity index is 1.64.